The van der Waals surface area contributed by atoms with Gasteiger partial charge in [-0.05, 0) is 19.4 Å². The van der Waals surface area contributed by atoms with Gasteiger partial charge in [0.2, 0.25) is 5.91 Å². The minimum absolute atomic E-state index is 0.0693. The van der Waals surface area contributed by atoms with E-state index in [-0.39, 0.29) is 5.91 Å². The molecule has 0 atom stereocenters. The summed E-state index contributed by atoms with van der Waals surface area (Å²) in [5.74, 6) is 0.0693. The third-order valence-corrected chi connectivity index (χ3v) is 3.78. The molecule has 1 aliphatic heterocycles. The van der Waals surface area contributed by atoms with Crippen molar-refractivity contribution in [3.8, 4) is 0 Å². The maximum absolute atomic E-state index is 12.0. The van der Waals surface area contributed by atoms with Crippen LogP contribution in [0.2, 0.25) is 0 Å². The molecule has 0 spiro atoms. The lowest BCUT2D eigenvalue weighted by molar-refractivity contribution is -0.123. The van der Waals surface area contributed by atoms with Gasteiger partial charge in [0.15, 0.2) is 0 Å². The molecule has 0 saturated carbocycles. The van der Waals surface area contributed by atoms with Crippen molar-refractivity contribution in [2.45, 2.75) is 26.0 Å². The number of rotatable bonds is 6. The van der Waals surface area contributed by atoms with Gasteiger partial charge in [-0.25, -0.2) is 0 Å². The van der Waals surface area contributed by atoms with E-state index in [0.717, 1.165) is 31.7 Å². The molecule has 0 radical (unpaired) electrons. The first kappa shape index (κ1) is 16.9. The van der Waals surface area contributed by atoms with E-state index in [9.17, 15) is 9.90 Å². The van der Waals surface area contributed by atoms with Crippen molar-refractivity contribution in [3.05, 3.63) is 35.9 Å². The SMILES string of the molecule is CC(C)(O)CN1CCN(CC(=O)NCc2ccccc2)CC1. The van der Waals surface area contributed by atoms with E-state index in [1.54, 1.807) is 0 Å². The van der Waals surface area contributed by atoms with Crippen LogP contribution in [0.4, 0.5) is 0 Å². The van der Waals surface area contributed by atoms with Crippen LogP contribution in [-0.2, 0) is 11.3 Å². The summed E-state index contributed by atoms with van der Waals surface area (Å²) in [7, 11) is 0. The van der Waals surface area contributed by atoms with Gasteiger partial charge in [-0.2, -0.15) is 0 Å². The Bertz CT molecular complexity index is 463. The summed E-state index contributed by atoms with van der Waals surface area (Å²) in [6.07, 6.45) is 0. The first-order chi connectivity index (χ1) is 10.4. The van der Waals surface area contributed by atoms with Crippen molar-refractivity contribution >= 4 is 5.91 Å². The highest BCUT2D eigenvalue weighted by Crippen LogP contribution is 2.08. The summed E-state index contributed by atoms with van der Waals surface area (Å²) < 4.78 is 0. The number of nitrogens with one attached hydrogen (secondary N) is 1. The summed E-state index contributed by atoms with van der Waals surface area (Å²) in [6.45, 7) is 8.91. The second-order valence-corrected chi connectivity index (χ2v) is 6.63. The lowest BCUT2D eigenvalue weighted by atomic mass is 10.1. The van der Waals surface area contributed by atoms with Gasteiger partial charge in [0.25, 0.3) is 0 Å². The predicted octanol–water partition coefficient (Wildman–Crippen LogP) is 0.691. The van der Waals surface area contributed by atoms with Gasteiger partial charge in [-0.1, -0.05) is 30.3 Å². The molecule has 1 aliphatic rings. The van der Waals surface area contributed by atoms with Gasteiger partial charge in [-0.15, -0.1) is 0 Å². The molecule has 1 saturated heterocycles. The highest BCUT2D eigenvalue weighted by Gasteiger charge is 2.23. The van der Waals surface area contributed by atoms with Crippen molar-refractivity contribution in [1.29, 1.82) is 0 Å². The summed E-state index contributed by atoms with van der Waals surface area (Å²) >= 11 is 0. The van der Waals surface area contributed by atoms with E-state index in [2.05, 4.69) is 15.1 Å². The van der Waals surface area contributed by atoms with Crippen LogP contribution in [0.5, 0.6) is 0 Å². The van der Waals surface area contributed by atoms with E-state index < -0.39 is 5.60 Å². The number of benzene rings is 1. The fraction of sp³-hybridized carbons (Fsp3) is 0.588. The molecule has 5 heteroatoms. The molecule has 0 bridgehead atoms. The van der Waals surface area contributed by atoms with Crippen LogP contribution in [0.25, 0.3) is 0 Å². The van der Waals surface area contributed by atoms with Crippen LogP contribution in [0.1, 0.15) is 19.4 Å². The summed E-state index contributed by atoms with van der Waals surface area (Å²) in [5.41, 5.74) is 0.459. The van der Waals surface area contributed by atoms with Crippen molar-refractivity contribution in [2.75, 3.05) is 39.3 Å². The molecule has 0 unspecified atom stereocenters. The minimum Gasteiger partial charge on any atom is -0.389 e. The topological polar surface area (TPSA) is 55.8 Å². The molecule has 22 heavy (non-hydrogen) atoms. The Balaban J connectivity index is 1.66. The summed E-state index contributed by atoms with van der Waals surface area (Å²) in [5, 5.41) is 12.8. The Morgan fingerprint density at radius 1 is 1.14 bits per heavy atom. The Morgan fingerprint density at radius 2 is 1.73 bits per heavy atom. The number of nitrogens with zero attached hydrogens (tertiary/aromatic N) is 2. The maximum atomic E-state index is 12.0. The molecular weight excluding hydrogens is 278 g/mol. The van der Waals surface area contributed by atoms with Crippen LogP contribution in [-0.4, -0.2) is 65.7 Å². The molecule has 0 aromatic heterocycles. The van der Waals surface area contributed by atoms with Crippen molar-refractivity contribution in [1.82, 2.24) is 15.1 Å². The number of amides is 1. The van der Waals surface area contributed by atoms with Gasteiger partial charge >= 0.3 is 0 Å². The zero-order valence-electron chi connectivity index (χ0n) is 13.6. The molecular formula is C17H27N3O2. The van der Waals surface area contributed by atoms with Gasteiger partial charge in [-0.3, -0.25) is 14.6 Å². The van der Waals surface area contributed by atoms with E-state index in [0.29, 0.717) is 19.6 Å². The van der Waals surface area contributed by atoms with Crippen LogP contribution in [0.15, 0.2) is 30.3 Å². The van der Waals surface area contributed by atoms with E-state index in [4.69, 9.17) is 0 Å². The Hall–Kier alpha value is -1.43. The molecule has 2 N–H and O–H groups in total. The lowest BCUT2D eigenvalue weighted by Gasteiger charge is -2.36. The number of carbonyl (C=O) groups excluding carboxylic acids is 1. The highest BCUT2D eigenvalue weighted by atomic mass is 16.3. The standard InChI is InChI=1S/C17H27N3O2/c1-17(2,22)14-20-10-8-19(9-11-20)13-16(21)18-12-15-6-4-3-5-7-15/h3-7,22H,8-14H2,1-2H3,(H,18,21). The second kappa shape index (κ2) is 7.72. The smallest absolute Gasteiger partial charge is 0.234 e. The van der Waals surface area contributed by atoms with Gasteiger partial charge in [0.1, 0.15) is 0 Å². The van der Waals surface area contributed by atoms with E-state index in [1.807, 2.05) is 44.2 Å². The number of carbonyl (C=O) groups is 1. The average molecular weight is 305 g/mol. The van der Waals surface area contributed by atoms with Crippen molar-refractivity contribution in [2.24, 2.45) is 0 Å². The molecule has 0 aliphatic carbocycles. The Kier molecular flexibility index (Phi) is 5.94. The normalized spacial score (nSPS) is 17.4. The maximum Gasteiger partial charge on any atom is 0.234 e. The summed E-state index contributed by atoms with van der Waals surface area (Å²) in [4.78, 5) is 16.4. The zero-order valence-corrected chi connectivity index (χ0v) is 13.6. The first-order valence-electron chi connectivity index (χ1n) is 7.90. The molecule has 5 nitrogen and oxygen atoms in total. The van der Waals surface area contributed by atoms with Gasteiger partial charge in [0.05, 0.1) is 12.1 Å². The zero-order chi connectivity index (χ0) is 16.0. The largest absolute Gasteiger partial charge is 0.389 e. The molecule has 2 rings (SSSR count). The third-order valence-electron chi connectivity index (χ3n) is 3.78. The van der Waals surface area contributed by atoms with Gasteiger partial charge in [0, 0.05) is 39.3 Å². The number of hydrogen-bond acceptors (Lipinski definition) is 4. The number of β-amino-alcohol motifs (C(OH)–C–C–N with tert-alkyl or cyclic N) is 1. The Labute approximate surface area is 132 Å². The van der Waals surface area contributed by atoms with Crippen LogP contribution in [0, 0.1) is 0 Å². The monoisotopic (exact) mass is 305 g/mol. The van der Waals surface area contributed by atoms with E-state index >= 15 is 0 Å². The summed E-state index contributed by atoms with van der Waals surface area (Å²) in [6, 6.07) is 9.94. The second-order valence-electron chi connectivity index (χ2n) is 6.63. The fourth-order valence-electron chi connectivity index (χ4n) is 2.71. The van der Waals surface area contributed by atoms with Gasteiger partial charge < -0.3 is 10.4 Å². The first-order valence-corrected chi connectivity index (χ1v) is 7.90. The molecule has 1 fully saturated rings. The predicted molar refractivity (Wildman–Crippen MR) is 87.5 cm³/mol. The quantitative estimate of drug-likeness (QED) is 0.812. The molecule has 1 heterocycles. The minimum atomic E-state index is -0.658. The number of hydrogen-bond donors (Lipinski definition) is 2. The van der Waals surface area contributed by atoms with Crippen LogP contribution < -0.4 is 5.32 Å². The average Bonchev–Trinajstić information content (AvgIpc) is 2.47. The number of piperazine rings is 1. The molecule has 1 aromatic rings. The highest BCUT2D eigenvalue weighted by molar-refractivity contribution is 5.78. The number of aliphatic hydroxyl groups is 1. The Morgan fingerprint density at radius 3 is 2.32 bits per heavy atom. The van der Waals surface area contributed by atoms with Crippen molar-refractivity contribution < 1.29 is 9.90 Å². The van der Waals surface area contributed by atoms with E-state index in [1.165, 1.54) is 0 Å². The van der Waals surface area contributed by atoms with Crippen molar-refractivity contribution in [3.63, 3.8) is 0 Å². The van der Waals surface area contributed by atoms with Crippen LogP contribution in [0.3, 0.4) is 0 Å². The lowest BCUT2D eigenvalue weighted by Crippen LogP contribution is -2.52. The third kappa shape index (κ3) is 6.13. The van der Waals surface area contributed by atoms with Crippen LogP contribution >= 0.6 is 0 Å². The molecule has 1 amide bonds. The molecule has 1 aromatic carbocycles. The molecule has 122 valence electrons. The fourth-order valence-corrected chi connectivity index (χ4v) is 2.71.